The van der Waals surface area contributed by atoms with E-state index in [9.17, 15) is 10.1 Å². The summed E-state index contributed by atoms with van der Waals surface area (Å²) in [5.41, 5.74) is 0.868. The predicted octanol–water partition coefficient (Wildman–Crippen LogP) is 1.35. The fourth-order valence-electron chi connectivity index (χ4n) is 1.85. The Balaban J connectivity index is 2.18. The molecular weight excluding hydrogens is 286 g/mol. The van der Waals surface area contributed by atoms with Crippen molar-refractivity contribution in [2.45, 2.75) is 13.5 Å². The number of pyridine rings is 1. The minimum atomic E-state index is -0.698. The third kappa shape index (κ3) is 3.55. The van der Waals surface area contributed by atoms with Gasteiger partial charge in [0.25, 0.3) is 5.96 Å². The average Bonchev–Trinajstić information content (AvgIpc) is 2.42. The van der Waals surface area contributed by atoms with Gasteiger partial charge in [-0.3, -0.25) is 0 Å². The molecule has 0 N–H and O–H groups in total. The molecule has 1 aromatic heterocycles. The summed E-state index contributed by atoms with van der Waals surface area (Å²) in [6.07, 6.45) is 1.62. The molecular formula is C11H14ClN5O3. The maximum atomic E-state index is 10.7. The number of hydrazone groups is 1. The first-order valence-electron chi connectivity index (χ1n) is 6.01. The van der Waals surface area contributed by atoms with E-state index in [1.807, 2.05) is 13.0 Å². The Morgan fingerprint density at radius 3 is 2.85 bits per heavy atom. The van der Waals surface area contributed by atoms with E-state index in [-0.39, 0.29) is 6.73 Å². The standard InChI is InChI=1S/C11H14ClN5O3/c1-2-15-7-20-8-16(11(15)14-17(18)19)6-9-3-4-10(12)13-5-9/h3-5H,2,6-8H2,1H3. The number of nitro groups is 1. The monoisotopic (exact) mass is 299 g/mol. The molecule has 1 aliphatic heterocycles. The highest BCUT2D eigenvalue weighted by Crippen LogP contribution is 2.13. The van der Waals surface area contributed by atoms with E-state index in [1.54, 1.807) is 22.1 Å². The fourth-order valence-corrected chi connectivity index (χ4v) is 1.96. The van der Waals surface area contributed by atoms with Crippen LogP contribution in [0.25, 0.3) is 0 Å². The van der Waals surface area contributed by atoms with Gasteiger partial charge in [0.15, 0.2) is 5.03 Å². The number of ether oxygens (including phenoxy) is 1. The van der Waals surface area contributed by atoms with Crippen molar-refractivity contribution in [1.29, 1.82) is 0 Å². The molecule has 1 fully saturated rings. The summed E-state index contributed by atoms with van der Waals surface area (Å²) < 4.78 is 5.40. The van der Waals surface area contributed by atoms with Gasteiger partial charge >= 0.3 is 0 Å². The van der Waals surface area contributed by atoms with Gasteiger partial charge in [-0.15, -0.1) is 0 Å². The van der Waals surface area contributed by atoms with Gasteiger partial charge in [-0.2, -0.15) is 0 Å². The smallest absolute Gasteiger partial charge is 0.277 e. The lowest BCUT2D eigenvalue weighted by Gasteiger charge is -2.36. The zero-order chi connectivity index (χ0) is 14.5. The van der Waals surface area contributed by atoms with Crippen molar-refractivity contribution in [2.24, 2.45) is 5.10 Å². The predicted molar refractivity (Wildman–Crippen MR) is 72.4 cm³/mol. The van der Waals surface area contributed by atoms with E-state index in [0.717, 1.165) is 5.56 Å². The van der Waals surface area contributed by atoms with Gasteiger partial charge in [0.05, 0.1) is 0 Å². The van der Waals surface area contributed by atoms with Crippen LogP contribution in [0.3, 0.4) is 0 Å². The van der Waals surface area contributed by atoms with E-state index in [4.69, 9.17) is 16.3 Å². The van der Waals surface area contributed by atoms with Crippen LogP contribution in [0.5, 0.6) is 0 Å². The van der Waals surface area contributed by atoms with E-state index < -0.39 is 5.03 Å². The average molecular weight is 300 g/mol. The molecule has 0 amide bonds. The molecule has 1 saturated heterocycles. The molecule has 0 bridgehead atoms. The normalized spacial score (nSPS) is 17.6. The van der Waals surface area contributed by atoms with Gasteiger partial charge in [0.1, 0.15) is 23.7 Å². The SMILES string of the molecule is CCN1COCN(Cc2ccc(Cl)nc2)C1=N[N+](=O)[O-]. The van der Waals surface area contributed by atoms with Gasteiger partial charge in [-0.05, 0) is 18.6 Å². The maximum Gasteiger partial charge on any atom is 0.277 e. The third-order valence-electron chi connectivity index (χ3n) is 2.77. The van der Waals surface area contributed by atoms with Gasteiger partial charge in [0, 0.05) is 19.3 Å². The number of rotatable bonds is 4. The first-order valence-corrected chi connectivity index (χ1v) is 6.39. The van der Waals surface area contributed by atoms with Crippen LogP contribution in [0.15, 0.2) is 23.4 Å². The molecule has 0 aliphatic carbocycles. The van der Waals surface area contributed by atoms with Gasteiger partial charge in [-0.1, -0.05) is 17.7 Å². The van der Waals surface area contributed by atoms with Crippen LogP contribution in [0, 0.1) is 10.1 Å². The molecule has 0 spiro atoms. The molecule has 1 aliphatic rings. The Bertz CT molecular complexity index is 507. The largest absolute Gasteiger partial charge is 0.341 e. The van der Waals surface area contributed by atoms with Crippen molar-refractivity contribution in [1.82, 2.24) is 14.8 Å². The number of hydrogen-bond donors (Lipinski definition) is 0. The van der Waals surface area contributed by atoms with Crippen molar-refractivity contribution in [3.63, 3.8) is 0 Å². The fraction of sp³-hybridized carbons (Fsp3) is 0.455. The molecule has 0 atom stereocenters. The van der Waals surface area contributed by atoms with Gasteiger partial charge in [-0.25, -0.2) is 15.1 Å². The van der Waals surface area contributed by atoms with Crippen molar-refractivity contribution in [3.8, 4) is 0 Å². The van der Waals surface area contributed by atoms with Crippen molar-refractivity contribution in [2.75, 3.05) is 20.0 Å². The van der Waals surface area contributed by atoms with Crippen LogP contribution in [-0.2, 0) is 11.3 Å². The van der Waals surface area contributed by atoms with Crippen molar-refractivity contribution < 1.29 is 9.77 Å². The van der Waals surface area contributed by atoms with Gasteiger partial charge in [0.2, 0.25) is 0 Å². The lowest BCUT2D eigenvalue weighted by Crippen LogP contribution is -2.51. The van der Waals surface area contributed by atoms with Crippen LogP contribution in [0.4, 0.5) is 0 Å². The Kier molecular flexibility index (Phi) is 4.70. The number of hydrogen-bond acceptors (Lipinski definition) is 4. The lowest BCUT2D eigenvalue weighted by molar-refractivity contribution is -0.486. The highest BCUT2D eigenvalue weighted by Gasteiger charge is 2.26. The topological polar surface area (TPSA) is 84.1 Å². The van der Waals surface area contributed by atoms with Crippen molar-refractivity contribution >= 4 is 17.6 Å². The molecule has 2 heterocycles. The molecule has 0 saturated carbocycles. The van der Waals surface area contributed by atoms with Crippen LogP contribution in [0.1, 0.15) is 12.5 Å². The Morgan fingerprint density at radius 1 is 1.50 bits per heavy atom. The summed E-state index contributed by atoms with van der Waals surface area (Å²) in [5, 5.41) is 13.8. The second-order valence-electron chi connectivity index (χ2n) is 4.14. The summed E-state index contributed by atoms with van der Waals surface area (Å²) in [4.78, 5) is 18.0. The van der Waals surface area contributed by atoms with Crippen molar-refractivity contribution in [3.05, 3.63) is 39.2 Å². The summed E-state index contributed by atoms with van der Waals surface area (Å²) in [6, 6.07) is 3.48. The van der Waals surface area contributed by atoms with E-state index >= 15 is 0 Å². The first kappa shape index (κ1) is 14.5. The summed E-state index contributed by atoms with van der Waals surface area (Å²) in [5.74, 6) is 0.290. The molecule has 0 aromatic carbocycles. The number of guanidine groups is 1. The third-order valence-corrected chi connectivity index (χ3v) is 3.00. The Labute approximate surface area is 120 Å². The van der Waals surface area contributed by atoms with Crippen LogP contribution in [-0.4, -0.2) is 45.8 Å². The number of aromatic nitrogens is 1. The van der Waals surface area contributed by atoms with Crippen LogP contribution < -0.4 is 0 Å². The van der Waals surface area contributed by atoms with Crippen LogP contribution >= 0.6 is 11.6 Å². The molecule has 0 radical (unpaired) electrons. The minimum absolute atomic E-state index is 0.242. The summed E-state index contributed by atoms with van der Waals surface area (Å²) in [7, 11) is 0. The van der Waals surface area contributed by atoms with E-state index in [1.165, 1.54) is 0 Å². The Morgan fingerprint density at radius 2 is 2.25 bits per heavy atom. The molecule has 0 unspecified atom stereocenters. The molecule has 2 rings (SSSR count). The molecule has 20 heavy (non-hydrogen) atoms. The van der Waals surface area contributed by atoms with Crippen LogP contribution in [0.2, 0.25) is 5.15 Å². The highest BCUT2D eigenvalue weighted by atomic mass is 35.5. The molecule has 9 heteroatoms. The highest BCUT2D eigenvalue weighted by molar-refractivity contribution is 6.29. The molecule has 1 aromatic rings. The molecule has 8 nitrogen and oxygen atoms in total. The van der Waals surface area contributed by atoms with E-state index in [0.29, 0.717) is 30.9 Å². The summed E-state index contributed by atoms with van der Waals surface area (Å²) >= 11 is 5.73. The quantitative estimate of drug-likeness (QED) is 0.474. The summed E-state index contributed by atoms with van der Waals surface area (Å²) in [6.45, 7) is 3.39. The Hall–Kier alpha value is -1.93. The first-order chi connectivity index (χ1) is 9.60. The second-order valence-corrected chi connectivity index (χ2v) is 4.53. The van der Waals surface area contributed by atoms with Gasteiger partial charge < -0.3 is 14.5 Å². The second kappa shape index (κ2) is 6.49. The zero-order valence-corrected chi connectivity index (χ0v) is 11.7. The lowest BCUT2D eigenvalue weighted by atomic mass is 10.3. The minimum Gasteiger partial charge on any atom is -0.341 e. The zero-order valence-electron chi connectivity index (χ0n) is 10.9. The van der Waals surface area contributed by atoms with E-state index in [2.05, 4.69) is 10.1 Å². The maximum absolute atomic E-state index is 10.7. The number of nitrogens with zero attached hydrogens (tertiary/aromatic N) is 5. The molecule has 108 valence electrons. The number of halogens is 1.